The van der Waals surface area contributed by atoms with Gasteiger partial charge in [-0.25, -0.2) is 4.98 Å². The maximum Gasteiger partial charge on any atom is 0.255 e. The van der Waals surface area contributed by atoms with Crippen molar-refractivity contribution < 1.29 is 9.13 Å². The van der Waals surface area contributed by atoms with Crippen LogP contribution in [0.1, 0.15) is 18.6 Å². The molecule has 1 aromatic carbocycles. The molecular formula is C13H12FNO. The number of hydrogen-bond donors (Lipinski definition) is 0. The highest BCUT2D eigenvalue weighted by Crippen LogP contribution is 2.22. The molecule has 0 amide bonds. The molecule has 0 N–H and O–H groups in total. The molecular weight excluding hydrogens is 205 g/mol. The molecule has 0 saturated carbocycles. The average Bonchev–Trinajstić information content (AvgIpc) is 2.33. The Hall–Kier alpha value is -1.90. The van der Waals surface area contributed by atoms with E-state index in [1.807, 2.05) is 37.3 Å². The third-order valence-corrected chi connectivity index (χ3v) is 2.30. The first-order valence-corrected chi connectivity index (χ1v) is 5.09. The van der Waals surface area contributed by atoms with Crippen LogP contribution >= 0.6 is 0 Å². The highest BCUT2D eigenvalue weighted by atomic mass is 19.1. The molecule has 1 aromatic heterocycles. The molecule has 2 rings (SSSR count). The van der Waals surface area contributed by atoms with E-state index in [1.165, 1.54) is 6.20 Å². The Morgan fingerprint density at radius 2 is 1.88 bits per heavy atom. The normalized spacial score (nSPS) is 12.1. The minimum absolute atomic E-state index is 0.179. The summed E-state index contributed by atoms with van der Waals surface area (Å²) in [6.07, 6.45) is 1.20. The first-order chi connectivity index (χ1) is 7.77. The van der Waals surface area contributed by atoms with Crippen LogP contribution in [0.5, 0.6) is 5.75 Å². The maximum absolute atomic E-state index is 13.2. The van der Waals surface area contributed by atoms with E-state index in [9.17, 15) is 4.39 Å². The van der Waals surface area contributed by atoms with Crippen molar-refractivity contribution in [2.45, 2.75) is 13.0 Å². The number of halogens is 1. The van der Waals surface area contributed by atoms with Gasteiger partial charge in [-0.1, -0.05) is 30.3 Å². The van der Waals surface area contributed by atoms with Crippen LogP contribution in [0.2, 0.25) is 0 Å². The molecule has 1 atom stereocenters. The van der Waals surface area contributed by atoms with Gasteiger partial charge in [0.15, 0.2) is 5.75 Å². The van der Waals surface area contributed by atoms with E-state index in [0.29, 0.717) is 0 Å². The monoisotopic (exact) mass is 217 g/mol. The van der Waals surface area contributed by atoms with Gasteiger partial charge < -0.3 is 4.74 Å². The molecule has 1 unspecified atom stereocenters. The van der Waals surface area contributed by atoms with E-state index in [4.69, 9.17) is 4.74 Å². The fraction of sp³-hybridized carbons (Fsp3) is 0.154. The number of rotatable bonds is 3. The predicted molar refractivity (Wildman–Crippen MR) is 59.7 cm³/mol. The molecule has 0 saturated heterocycles. The van der Waals surface area contributed by atoms with Crippen LogP contribution in [0.15, 0.2) is 48.7 Å². The zero-order valence-corrected chi connectivity index (χ0v) is 8.93. The van der Waals surface area contributed by atoms with Gasteiger partial charge in [-0.15, -0.1) is 0 Å². The number of aromatic nitrogens is 1. The fourth-order valence-corrected chi connectivity index (χ4v) is 1.44. The summed E-state index contributed by atoms with van der Waals surface area (Å²) in [6, 6.07) is 12.9. The third kappa shape index (κ3) is 2.37. The minimum atomic E-state index is -0.578. The summed E-state index contributed by atoms with van der Waals surface area (Å²) >= 11 is 0. The second-order valence-electron chi connectivity index (χ2n) is 3.46. The molecule has 0 fully saturated rings. The highest BCUT2D eigenvalue weighted by molar-refractivity contribution is 5.22. The summed E-state index contributed by atoms with van der Waals surface area (Å²) in [5.41, 5.74) is 1.01. The Morgan fingerprint density at radius 3 is 2.56 bits per heavy atom. The number of pyridine rings is 1. The maximum atomic E-state index is 13.2. The lowest BCUT2D eigenvalue weighted by molar-refractivity contribution is 0.213. The second-order valence-corrected chi connectivity index (χ2v) is 3.46. The molecule has 2 nitrogen and oxygen atoms in total. The van der Waals surface area contributed by atoms with E-state index in [2.05, 4.69) is 4.98 Å². The van der Waals surface area contributed by atoms with E-state index < -0.39 is 5.95 Å². The zero-order valence-electron chi connectivity index (χ0n) is 8.93. The molecule has 2 aromatic rings. The Kier molecular flexibility index (Phi) is 3.15. The Labute approximate surface area is 93.7 Å². The van der Waals surface area contributed by atoms with E-state index >= 15 is 0 Å². The summed E-state index contributed by atoms with van der Waals surface area (Å²) in [4.78, 5) is 3.53. The summed E-state index contributed by atoms with van der Waals surface area (Å²) in [5.74, 6) is -0.399. The van der Waals surface area contributed by atoms with Crippen molar-refractivity contribution in [1.82, 2.24) is 4.98 Å². The van der Waals surface area contributed by atoms with Crippen LogP contribution in [0.4, 0.5) is 4.39 Å². The summed E-state index contributed by atoms with van der Waals surface area (Å²) in [7, 11) is 0. The minimum Gasteiger partial charge on any atom is -0.481 e. The standard InChI is InChI=1S/C13H12FNO/c1-10(11-6-3-2-4-7-11)16-12-8-5-9-15-13(12)14/h2-10H,1H3. The van der Waals surface area contributed by atoms with E-state index in [1.54, 1.807) is 12.1 Å². The first kappa shape index (κ1) is 10.6. The number of hydrogen-bond acceptors (Lipinski definition) is 2. The van der Waals surface area contributed by atoms with Crippen molar-refractivity contribution in [3.05, 3.63) is 60.2 Å². The SMILES string of the molecule is CC(Oc1cccnc1F)c1ccccc1. The molecule has 0 aliphatic rings. The van der Waals surface area contributed by atoms with Gasteiger partial charge in [-0.3, -0.25) is 0 Å². The fourth-order valence-electron chi connectivity index (χ4n) is 1.44. The smallest absolute Gasteiger partial charge is 0.255 e. The van der Waals surface area contributed by atoms with Gasteiger partial charge in [0.2, 0.25) is 0 Å². The lowest BCUT2D eigenvalue weighted by Gasteiger charge is -2.14. The van der Waals surface area contributed by atoms with Gasteiger partial charge >= 0.3 is 0 Å². The average molecular weight is 217 g/mol. The van der Waals surface area contributed by atoms with Crippen molar-refractivity contribution in [3.63, 3.8) is 0 Å². The van der Waals surface area contributed by atoms with Gasteiger partial charge in [0.1, 0.15) is 6.10 Å². The highest BCUT2D eigenvalue weighted by Gasteiger charge is 2.10. The molecule has 1 heterocycles. The van der Waals surface area contributed by atoms with Crippen LogP contribution in [0, 0.1) is 5.95 Å². The molecule has 16 heavy (non-hydrogen) atoms. The molecule has 0 bridgehead atoms. The van der Waals surface area contributed by atoms with Crippen LogP contribution in [0.3, 0.4) is 0 Å². The van der Waals surface area contributed by atoms with Gasteiger partial charge in [0.25, 0.3) is 5.95 Å². The van der Waals surface area contributed by atoms with Gasteiger partial charge in [0.05, 0.1) is 0 Å². The molecule has 0 aliphatic carbocycles. The van der Waals surface area contributed by atoms with Crippen LogP contribution < -0.4 is 4.74 Å². The topological polar surface area (TPSA) is 22.1 Å². The van der Waals surface area contributed by atoms with Crippen LogP contribution in [-0.4, -0.2) is 4.98 Å². The molecule has 0 aliphatic heterocycles. The summed E-state index contributed by atoms with van der Waals surface area (Å²) < 4.78 is 18.7. The Balaban J connectivity index is 2.14. The van der Waals surface area contributed by atoms with Crippen molar-refractivity contribution in [1.29, 1.82) is 0 Å². The van der Waals surface area contributed by atoms with Gasteiger partial charge in [-0.2, -0.15) is 4.39 Å². The molecule has 0 spiro atoms. The van der Waals surface area contributed by atoms with Gasteiger partial charge in [0, 0.05) is 6.20 Å². The number of nitrogens with zero attached hydrogens (tertiary/aromatic N) is 1. The van der Waals surface area contributed by atoms with Crippen molar-refractivity contribution in [2.24, 2.45) is 0 Å². The molecule has 0 radical (unpaired) electrons. The third-order valence-electron chi connectivity index (χ3n) is 2.30. The lowest BCUT2D eigenvalue weighted by atomic mass is 10.1. The molecule has 82 valence electrons. The summed E-state index contributed by atoms with van der Waals surface area (Å²) in [5, 5.41) is 0. The second kappa shape index (κ2) is 4.75. The van der Waals surface area contributed by atoms with E-state index in [-0.39, 0.29) is 11.9 Å². The zero-order chi connectivity index (χ0) is 11.4. The summed E-state index contributed by atoms with van der Waals surface area (Å²) in [6.45, 7) is 1.88. The van der Waals surface area contributed by atoms with Crippen LogP contribution in [-0.2, 0) is 0 Å². The van der Waals surface area contributed by atoms with Crippen molar-refractivity contribution in [2.75, 3.05) is 0 Å². The lowest BCUT2D eigenvalue weighted by Crippen LogP contribution is -2.04. The number of ether oxygens (including phenoxy) is 1. The van der Waals surface area contributed by atoms with Gasteiger partial charge in [-0.05, 0) is 24.6 Å². The molecule has 3 heteroatoms. The first-order valence-electron chi connectivity index (χ1n) is 5.09. The Morgan fingerprint density at radius 1 is 1.12 bits per heavy atom. The quantitative estimate of drug-likeness (QED) is 0.735. The van der Waals surface area contributed by atoms with Crippen LogP contribution in [0.25, 0.3) is 0 Å². The number of benzene rings is 1. The van der Waals surface area contributed by atoms with E-state index in [0.717, 1.165) is 5.56 Å². The Bertz CT molecular complexity index is 458. The largest absolute Gasteiger partial charge is 0.481 e. The van der Waals surface area contributed by atoms with Crippen molar-refractivity contribution >= 4 is 0 Å². The predicted octanol–water partition coefficient (Wildman–Crippen LogP) is 3.36. The van der Waals surface area contributed by atoms with Crippen molar-refractivity contribution in [3.8, 4) is 5.75 Å².